The van der Waals surface area contributed by atoms with Gasteiger partial charge in [-0.05, 0) is 36.6 Å². The van der Waals surface area contributed by atoms with Gasteiger partial charge >= 0.3 is 0 Å². The van der Waals surface area contributed by atoms with Crippen LogP contribution < -0.4 is 14.8 Å². The summed E-state index contributed by atoms with van der Waals surface area (Å²) in [5.74, 6) is -0.0323. The van der Waals surface area contributed by atoms with Gasteiger partial charge in [-0.2, -0.15) is 0 Å². The fraction of sp³-hybridized carbons (Fsp3) is 0.300. The van der Waals surface area contributed by atoms with Gasteiger partial charge in [-0.25, -0.2) is 0 Å². The number of nitrogens with one attached hydrogen (secondary N) is 1. The lowest BCUT2D eigenvalue weighted by molar-refractivity contribution is -0.116. The molecule has 0 saturated carbocycles. The minimum absolute atomic E-state index is 0.133. The Bertz CT molecular complexity index is 783. The SMILES string of the molecule is CCc1ccc(OCc2c(OC)cccc2C(=O)C(=O)NC)c(C)c1. The maximum absolute atomic E-state index is 12.3. The van der Waals surface area contributed by atoms with Crippen molar-refractivity contribution in [2.24, 2.45) is 0 Å². The number of carbonyl (C=O) groups is 2. The van der Waals surface area contributed by atoms with Crippen LogP contribution in [0.5, 0.6) is 11.5 Å². The summed E-state index contributed by atoms with van der Waals surface area (Å²) in [6, 6.07) is 11.0. The fourth-order valence-electron chi connectivity index (χ4n) is 2.60. The molecule has 0 atom stereocenters. The van der Waals surface area contributed by atoms with Crippen LogP contribution in [0.15, 0.2) is 36.4 Å². The number of hydrogen-bond donors (Lipinski definition) is 1. The zero-order valence-corrected chi connectivity index (χ0v) is 15.0. The van der Waals surface area contributed by atoms with Gasteiger partial charge in [0.2, 0.25) is 0 Å². The quantitative estimate of drug-likeness (QED) is 0.621. The third-order valence-electron chi connectivity index (χ3n) is 4.05. The predicted octanol–water partition coefficient (Wildman–Crippen LogP) is 3.07. The Labute approximate surface area is 148 Å². The van der Waals surface area contributed by atoms with Gasteiger partial charge in [-0.15, -0.1) is 0 Å². The molecule has 25 heavy (non-hydrogen) atoms. The summed E-state index contributed by atoms with van der Waals surface area (Å²) in [6.45, 7) is 4.21. The van der Waals surface area contributed by atoms with Gasteiger partial charge in [0.05, 0.1) is 7.11 Å². The molecular formula is C20H23NO4. The lowest BCUT2D eigenvalue weighted by atomic mass is 10.0. The van der Waals surface area contributed by atoms with E-state index in [2.05, 4.69) is 18.3 Å². The molecule has 2 aromatic carbocycles. The molecule has 0 spiro atoms. The van der Waals surface area contributed by atoms with Crippen LogP contribution in [0, 0.1) is 6.92 Å². The molecule has 0 aromatic heterocycles. The van der Waals surface area contributed by atoms with Gasteiger partial charge in [-0.3, -0.25) is 9.59 Å². The molecule has 0 saturated heterocycles. The van der Waals surface area contributed by atoms with Gasteiger partial charge in [0, 0.05) is 18.2 Å². The van der Waals surface area contributed by atoms with Crippen LogP contribution in [0.1, 0.15) is 34.0 Å². The van der Waals surface area contributed by atoms with Gasteiger partial charge < -0.3 is 14.8 Å². The molecule has 0 bridgehead atoms. The van der Waals surface area contributed by atoms with Crippen LogP contribution in [0.2, 0.25) is 0 Å². The van der Waals surface area contributed by atoms with Crippen molar-refractivity contribution in [2.75, 3.05) is 14.2 Å². The first-order valence-electron chi connectivity index (χ1n) is 8.16. The highest BCUT2D eigenvalue weighted by Gasteiger charge is 2.21. The van der Waals surface area contributed by atoms with Crippen LogP contribution in [-0.2, 0) is 17.8 Å². The first kappa shape index (κ1) is 18.5. The Morgan fingerprint density at radius 1 is 1.12 bits per heavy atom. The highest BCUT2D eigenvalue weighted by molar-refractivity contribution is 6.43. The Hall–Kier alpha value is -2.82. The van der Waals surface area contributed by atoms with Crippen molar-refractivity contribution in [2.45, 2.75) is 26.9 Å². The first-order chi connectivity index (χ1) is 12.0. The second-order valence-electron chi connectivity index (χ2n) is 5.64. The number of ether oxygens (including phenoxy) is 2. The lowest BCUT2D eigenvalue weighted by Crippen LogP contribution is -2.28. The van der Waals surface area contributed by atoms with Gasteiger partial charge in [0.25, 0.3) is 11.7 Å². The molecule has 5 nitrogen and oxygen atoms in total. The van der Waals surface area contributed by atoms with E-state index in [0.717, 1.165) is 17.7 Å². The van der Waals surface area contributed by atoms with E-state index in [1.807, 2.05) is 19.1 Å². The number of hydrogen-bond acceptors (Lipinski definition) is 4. The van der Waals surface area contributed by atoms with Crippen LogP contribution in [0.3, 0.4) is 0 Å². The van der Waals surface area contributed by atoms with Crippen molar-refractivity contribution >= 4 is 11.7 Å². The topological polar surface area (TPSA) is 64.6 Å². The van der Waals surface area contributed by atoms with Crippen LogP contribution in [0.25, 0.3) is 0 Å². The Morgan fingerprint density at radius 3 is 2.48 bits per heavy atom. The predicted molar refractivity (Wildman–Crippen MR) is 96.3 cm³/mol. The highest BCUT2D eigenvalue weighted by atomic mass is 16.5. The van der Waals surface area contributed by atoms with E-state index >= 15 is 0 Å². The third-order valence-corrected chi connectivity index (χ3v) is 4.05. The molecule has 2 rings (SSSR count). The van der Waals surface area contributed by atoms with Gasteiger partial charge in [-0.1, -0.05) is 31.2 Å². The van der Waals surface area contributed by atoms with E-state index in [-0.39, 0.29) is 12.2 Å². The lowest BCUT2D eigenvalue weighted by Gasteiger charge is -2.15. The summed E-state index contributed by atoms with van der Waals surface area (Å²) >= 11 is 0. The number of Topliss-reactive ketones (excluding diaryl/α,β-unsaturated/α-hetero) is 1. The molecule has 132 valence electrons. The number of rotatable bonds is 7. The van der Waals surface area contributed by atoms with Crippen molar-refractivity contribution in [3.63, 3.8) is 0 Å². The number of benzene rings is 2. The van der Waals surface area contributed by atoms with E-state index < -0.39 is 11.7 Å². The molecule has 0 fully saturated rings. The van der Waals surface area contributed by atoms with E-state index in [9.17, 15) is 9.59 Å². The molecular weight excluding hydrogens is 318 g/mol. The highest BCUT2D eigenvalue weighted by Crippen LogP contribution is 2.26. The number of likely N-dealkylation sites (N-methyl/N-ethyl adjacent to an activating group) is 1. The van der Waals surface area contributed by atoms with E-state index in [1.54, 1.807) is 18.2 Å². The minimum Gasteiger partial charge on any atom is -0.496 e. The fourth-order valence-corrected chi connectivity index (χ4v) is 2.60. The van der Waals surface area contributed by atoms with Gasteiger partial charge in [0.1, 0.15) is 18.1 Å². The molecule has 1 N–H and O–H groups in total. The third kappa shape index (κ3) is 4.18. The van der Waals surface area contributed by atoms with Crippen molar-refractivity contribution in [1.82, 2.24) is 5.32 Å². The largest absolute Gasteiger partial charge is 0.496 e. The van der Waals surface area contributed by atoms with E-state index in [4.69, 9.17) is 9.47 Å². The van der Waals surface area contributed by atoms with E-state index in [0.29, 0.717) is 11.3 Å². The van der Waals surface area contributed by atoms with Crippen molar-refractivity contribution in [3.05, 3.63) is 58.7 Å². The molecule has 1 amide bonds. The number of aryl methyl sites for hydroxylation is 2. The molecule has 0 aliphatic rings. The summed E-state index contributed by atoms with van der Waals surface area (Å²) in [6.07, 6.45) is 0.957. The summed E-state index contributed by atoms with van der Waals surface area (Å²) in [5.41, 5.74) is 3.09. The Kier molecular flexibility index (Phi) is 6.17. The van der Waals surface area contributed by atoms with Gasteiger partial charge in [0.15, 0.2) is 0 Å². The first-order valence-corrected chi connectivity index (χ1v) is 8.16. The monoisotopic (exact) mass is 341 g/mol. The molecule has 2 aromatic rings. The summed E-state index contributed by atoms with van der Waals surface area (Å²) < 4.78 is 11.2. The minimum atomic E-state index is -0.669. The molecule has 5 heteroatoms. The smallest absolute Gasteiger partial charge is 0.292 e. The average Bonchev–Trinajstić information content (AvgIpc) is 2.65. The Morgan fingerprint density at radius 2 is 1.88 bits per heavy atom. The number of amides is 1. The second-order valence-corrected chi connectivity index (χ2v) is 5.64. The molecule has 0 aliphatic carbocycles. The molecule has 0 radical (unpaired) electrons. The zero-order chi connectivity index (χ0) is 18.4. The van der Waals surface area contributed by atoms with Crippen LogP contribution in [-0.4, -0.2) is 25.8 Å². The maximum atomic E-state index is 12.3. The number of carbonyl (C=O) groups excluding carboxylic acids is 2. The molecule has 0 heterocycles. The van der Waals surface area contributed by atoms with Crippen LogP contribution >= 0.6 is 0 Å². The van der Waals surface area contributed by atoms with Crippen molar-refractivity contribution in [3.8, 4) is 11.5 Å². The number of ketones is 1. The van der Waals surface area contributed by atoms with Crippen molar-refractivity contribution in [1.29, 1.82) is 0 Å². The standard InChI is InChI=1S/C20H23NO4/c1-5-14-9-10-17(13(2)11-14)25-12-16-15(19(22)20(23)21-3)7-6-8-18(16)24-4/h6-11H,5,12H2,1-4H3,(H,21,23). The average molecular weight is 341 g/mol. The zero-order valence-electron chi connectivity index (χ0n) is 15.0. The summed E-state index contributed by atoms with van der Waals surface area (Å²) in [5, 5.41) is 2.35. The summed E-state index contributed by atoms with van der Waals surface area (Å²) in [7, 11) is 2.95. The Balaban J connectivity index is 2.32. The second kappa shape index (κ2) is 8.33. The normalized spacial score (nSPS) is 10.2. The van der Waals surface area contributed by atoms with Crippen LogP contribution in [0.4, 0.5) is 0 Å². The summed E-state index contributed by atoms with van der Waals surface area (Å²) in [4.78, 5) is 24.0. The van der Waals surface area contributed by atoms with E-state index in [1.165, 1.54) is 19.7 Å². The van der Waals surface area contributed by atoms with Crippen molar-refractivity contribution < 1.29 is 19.1 Å². The molecule has 0 unspecified atom stereocenters. The number of methoxy groups -OCH3 is 1. The maximum Gasteiger partial charge on any atom is 0.292 e. The molecule has 0 aliphatic heterocycles.